The van der Waals surface area contributed by atoms with Gasteiger partial charge in [0.15, 0.2) is 0 Å². The predicted molar refractivity (Wildman–Crippen MR) is 86.2 cm³/mol. The average Bonchev–Trinajstić information content (AvgIpc) is 2.44. The highest BCUT2D eigenvalue weighted by molar-refractivity contribution is 6.32. The Bertz CT molecular complexity index is 454. The van der Waals surface area contributed by atoms with Crippen LogP contribution in [0.1, 0.15) is 19.4 Å². The number of hydrogen-bond acceptors (Lipinski definition) is 4. The van der Waals surface area contributed by atoms with Gasteiger partial charge in [-0.2, -0.15) is 0 Å². The summed E-state index contributed by atoms with van der Waals surface area (Å²) in [7, 11) is 2.10. The molecule has 1 unspecified atom stereocenters. The first-order chi connectivity index (χ1) is 10.0. The number of nitrogens with zero attached hydrogens (tertiary/aromatic N) is 1. The molecule has 5 heteroatoms. The van der Waals surface area contributed by atoms with Crippen LogP contribution >= 0.6 is 11.6 Å². The molecule has 0 saturated carbocycles. The van der Waals surface area contributed by atoms with Gasteiger partial charge in [-0.15, -0.1) is 0 Å². The lowest BCUT2D eigenvalue weighted by Crippen LogP contribution is -2.42. The van der Waals surface area contributed by atoms with Crippen LogP contribution in [-0.2, 0) is 11.3 Å². The fourth-order valence-corrected chi connectivity index (χ4v) is 2.50. The van der Waals surface area contributed by atoms with Gasteiger partial charge in [-0.25, -0.2) is 0 Å². The van der Waals surface area contributed by atoms with Crippen molar-refractivity contribution in [2.24, 2.45) is 0 Å². The molecule has 1 N–H and O–H groups in total. The molecule has 0 spiro atoms. The molecule has 0 bridgehead atoms. The van der Waals surface area contributed by atoms with E-state index >= 15 is 0 Å². The van der Waals surface area contributed by atoms with Crippen LogP contribution in [0.5, 0.6) is 5.75 Å². The third-order valence-electron chi connectivity index (χ3n) is 3.48. The maximum Gasteiger partial charge on any atom is 0.138 e. The number of morpholine rings is 1. The van der Waals surface area contributed by atoms with Crippen molar-refractivity contribution in [3.05, 3.63) is 28.8 Å². The maximum atomic E-state index is 6.29. The van der Waals surface area contributed by atoms with E-state index in [9.17, 15) is 0 Å². The summed E-state index contributed by atoms with van der Waals surface area (Å²) in [6, 6.07) is 6.40. The van der Waals surface area contributed by atoms with Crippen molar-refractivity contribution in [2.45, 2.75) is 32.5 Å². The molecule has 2 rings (SSSR count). The van der Waals surface area contributed by atoms with Gasteiger partial charge in [0.25, 0.3) is 0 Å². The van der Waals surface area contributed by atoms with Crippen LogP contribution in [0.4, 0.5) is 0 Å². The molecular weight excluding hydrogens is 288 g/mol. The van der Waals surface area contributed by atoms with Gasteiger partial charge in [-0.3, -0.25) is 0 Å². The molecule has 0 amide bonds. The molecule has 4 nitrogen and oxygen atoms in total. The number of ether oxygens (including phenoxy) is 2. The molecule has 1 atom stereocenters. The SMILES string of the molecule is CC(C)NCc1ccc(OCC2CN(C)CCO2)c(Cl)c1. The van der Waals surface area contributed by atoms with Crippen LogP contribution in [0.25, 0.3) is 0 Å². The molecule has 1 aliphatic rings. The second-order valence-corrected chi connectivity index (χ2v) is 6.27. The molecule has 1 aliphatic heterocycles. The van der Waals surface area contributed by atoms with Crippen molar-refractivity contribution in [1.29, 1.82) is 0 Å². The van der Waals surface area contributed by atoms with Gasteiger partial charge >= 0.3 is 0 Å². The Morgan fingerprint density at radius 2 is 2.29 bits per heavy atom. The minimum Gasteiger partial charge on any atom is -0.489 e. The molecule has 1 heterocycles. The maximum absolute atomic E-state index is 6.29. The van der Waals surface area contributed by atoms with Crippen molar-refractivity contribution in [1.82, 2.24) is 10.2 Å². The Morgan fingerprint density at radius 3 is 2.95 bits per heavy atom. The van der Waals surface area contributed by atoms with Gasteiger partial charge in [-0.05, 0) is 24.7 Å². The molecule has 0 radical (unpaired) electrons. The van der Waals surface area contributed by atoms with E-state index in [1.165, 1.54) is 0 Å². The molecule has 1 fully saturated rings. The summed E-state index contributed by atoms with van der Waals surface area (Å²) in [5, 5.41) is 4.03. The number of halogens is 1. The highest BCUT2D eigenvalue weighted by Crippen LogP contribution is 2.26. The summed E-state index contributed by atoms with van der Waals surface area (Å²) in [6.07, 6.45) is 0.113. The predicted octanol–water partition coefficient (Wildman–Crippen LogP) is 2.55. The van der Waals surface area contributed by atoms with Crippen LogP contribution in [0, 0.1) is 0 Å². The zero-order valence-corrected chi connectivity index (χ0v) is 13.8. The molecule has 0 aliphatic carbocycles. The number of nitrogens with one attached hydrogen (secondary N) is 1. The zero-order valence-electron chi connectivity index (χ0n) is 13.1. The van der Waals surface area contributed by atoms with E-state index in [2.05, 4.69) is 31.1 Å². The van der Waals surface area contributed by atoms with Crippen LogP contribution in [0.2, 0.25) is 5.02 Å². The first kappa shape index (κ1) is 16.6. The van der Waals surface area contributed by atoms with Gasteiger partial charge in [-0.1, -0.05) is 31.5 Å². The van der Waals surface area contributed by atoms with Gasteiger partial charge < -0.3 is 19.7 Å². The van der Waals surface area contributed by atoms with Crippen molar-refractivity contribution < 1.29 is 9.47 Å². The first-order valence-electron chi connectivity index (χ1n) is 7.49. The lowest BCUT2D eigenvalue weighted by molar-refractivity contribution is -0.0403. The van der Waals surface area contributed by atoms with E-state index in [0.29, 0.717) is 17.7 Å². The van der Waals surface area contributed by atoms with E-state index < -0.39 is 0 Å². The molecule has 21 heavy (non-hydrogen) atoms. The highest BCUT2D eigenvalue weighted by Gasteiger charge is 2.18. The Hall–Kier alpha value is -0.810. The minimum atomic E-state index is 0.113. The van der Waals surface area contributed by atoms with Crippen LogP contribution in [-0.4, -0.2) is 50.4 Å². The van der Waals surface area contributed by atoms with Gasteiger partial charge in [0.1, 0.15) is 18.5 Å². The third kappa shape index (κ3) is 5.47. The summed E-state index contributed by atoms with van der Waals surface area (Å²) >= 11 is 6.29. The normalized spacial score (nSPS) is 20.0. The quantitative estimate of drug-likeness (QED) is 0.875. The van der Waals surface area contributed by atoms with E-state index in [4.69, 9.17) is 21.1 Å². The lowest BCUT2D eigenvalue weighted by Gasteiger charge is -2.29. The van der Waals surface area contributed by atoms with Gasteiger partial charge in [0, 0.05) is 25.7 Å². The Kier molecular flexibility index (Phi) is 6.30. The average molecular weight is 313 g/mol. The fraction of sp³-hybridized carbons (Fsp3) is 0.625. The Labute approximate surface area is 132 Å². The van der Waals surface area contributed by atoms with Crippen molar-refractivity contribution in [3.8, 4) is 5.75 Å². The molecular formula is C16H25ClN2O2. The van der Waals surface area contributed by atoms with Crippen molar-refractivity contribution >= 4 is 11.6 Å². The number of hydrogen-bond donors (Lipinski definition) is 1. The summed E-state index contributed by atoms with van der Waals surface area (Å²) < 4.78 is 11.5. The van der Waals surface area contributed by atoms with E-state index in [-0.39, 0.29) is 6.10 Å². The summed E-state index contributed by atoms with van der Waals surface area (Å²) in [4.78, 5) is 2.25. The number of benzene rings is 1. The third-order valence-corrected chi connectivity index (χ3v) is 3.77. The van der Waals surface area contributed by atoms with Crippen LogP contribution in [0.15, 0.2) is 18.2 Å². The smallest absolute Gasteiger partial charge is 0.138 e. The van der Waals surface area contributed by atoms with Crippen LogP contribution < -0.4 is 10.1 Å². The van der Waals surface area contributed by atoms with Gasteiger partial charge in [0.2, 0.25) is 0 Å². The molecule has 1 saturated heterocycles. The molecule has 1 aromatic rings. The second kappa shape index (κ2) is 7.99. The molecule has 0 aromatic heterocycles. The topological polar surface area (TPSA) is 33.7 Å². The van der Waals surface area contributed by atoms with Gasteiger partial charge in [0.05, 0.1) is 11.6 Å². The zero-order chi connectivity index (χ0) is 15.2. The minimum absolute atomic E-state index is 0.113. The lowest BCUT2D eigenvalue weighted by atomic mass is 10.2. The first-order valence-corrected chi connectivity index (χ1v) is 7.87. The summed E-state index contributed by atoms with van der Waals surface area (Å²) in [5.74, 6) is 0.724. The van der Waals surface area contributed by atoms with E-state index in [1.807, 2.05) is 18.2 Å². The number of rotatable bonds is 6. The summed E-state index contributed by atoms with van der Waals surface area (Å²) in [6.45, 7) is 8.24. The standard InChI is InChI=1S/C16H25ClN2O2/c1-12(2)18-9-13-4-5-16(15(17)8-13)21-11-14-10-19(3)6-7-20-14/h4-5,8,12,14,18H,6-7,9-11H2,1-3H3. The second-order valence-electron chi connectivity index (χ2n) is 5.87. The largest absolute Gasteiger partial charge is 0.489 e. The highest BCUT2D eigenvalue weighted by atomic mass is 35.5. The Balaban J connectivity index is 1.85. The van der Waals surface area contributed by atoms with Crippen LogP contribution in [0.3, 0.4) is 0 Å². The van der Waals surface area contributed by atoms with E-state index in [0.717, 1.165) is 37.6 Å². The van der Waals surface area contributed by atoms with Crippen molar-refractivity contribution in [3.63, 3.8) is 0 Å². The fourth-order valence-electron chi connectivity index (χ4n) is 2.24. The monoisotopic (exact) mass is 312 g/mol. The van der Waals surface area contributed by atoms with E-state index in [1.54, 1.807) is 0 Å². The van der Waals surface area contributed by atoms with Crippen molar-refractivity contribution in [2.75, 3.05) is 33.4 Å². The molecule has 118 valence electrons. The molecule has 1 aromatic carbocycles. The number of likely N-dealkylation sites (N-methyl/N-ethyl adjacent to an activating group) is 1. The Morgan fingerprint density at radius 1 is 1.48 bits per heavy atom. The summed E-state index contributed by atoms with van der Waals surface area (Å²) in [5.41, 5.74) is 1.16.